The summed E-state index contributed by atoms with van der Waals surface area (Å²) in [6, 6.07) is 9.42. The second-order valence-corrected chi connectivity index (χ2v) is 8.15. The van der Waals surface area contributed by atoms with Crippen LogP contribution in [0.5, 0.6) is 5.75 Å². The van der Waals surface area contributed by atoms with Gasteiger partial charge in [-0.2, -0.15) is 0 Å². The summed E-state index contributed by atoms with van der Waals surface area (Å²) in [6.07, 6.45) is -2.64. The number of carbonyl (C=O) groups excluding carboxylic acids is 1. The van der Waals surface area contributed by atoms with Crippen LogP contribution in [0.1, 0.15) is 22.3 Å². The van der Waals surface area contributed by atoms with Gasteiger partial charge in [0.05, 0.1) is 24.4 Å². The third-order valence-electron chi connectivity index (χ3n) is 5.57. The molecule has 0 bridgehead atoms. The Kier molecular flexibility index (Phi) is 7.67. The van der Waals surface area contributed by atoms with Gasteiger partial charge in [-0.25, -0.2) is 9.97 Å². The van der Waals surface area contributed by atoms with Crippen LogP contribution in [0.4, 0.5) is 24.8 Å². The lowest BCUT2D eigenvalue weighted by Crippen LogP contribution is -2.38. The van der Waals surface area contributed by atoms with Crippen molar-refractivity contribution in [3.63, 3.8) is 0 Å². The average Bonchev–Trinajstić information content (AvgIpc) is 2.83. The predicted molar refractivity (Wildman–Crippen MR) is 125 cm³/mol. The SMILES string of the molecule is Cc1cccc2cnc(Nc3ccc(C(=O)NCCCN4CCOCC4)cc3OC(F)(F)F)nc12. The van der Waals surface area contributed by atoms with Crippen LogP contribution in [0.2, 0.25) is 0 Å². The molecule has 11 heteroatoms. The van der Waals surface area contributed by atoms with Crippen LogP contribution in [-0.4, -0.2) is 66.5 Å². The number of hydrogen-bond donors (Lipinski definition) is 2. The second-order valence-electron chi connectivity index (χ2n) is 8.15. The van der Waals surface area contributed by atoms with Gasteiger partial charge in [-0.1, -0.05) is 18.2 Å². The molecule has 0 aliphatic carbocycles. The third-order valence-corrected chi connectivity index (χ3v) is 5.57. The number of anilines is 2. The number of fused-ring (bicyclic) bond motifs is 1. The second kappa shape index (κ2) is 10.9. The van der Waals surface area contributed by atoms with E-state index in [1.165, 1.54) is 12.1 Å². The summed E-state index contributed by atoms with van der Waals surface area (Å²) in [4.78, 5) is 23.4. The van der Waals surface area contributed by atoms with Crippen molar-refractivity contribution in [1.29, 1.82) is 0 Å². The molecule has 0 atom stereocenters. The van der Waals surface area contributed by atoms with Crippen LogP contribution >= 0.6 is 0 Å². The Hall–Kier alpha value is -3.44. The fourth-order valence-corrected chi connectivity index (χ4v) is 3.79. The van der Waals surface area contributed by atoms with Crippen molar-refractivity contribution in [3.8, 4) is 5.75 Å². The summed E-state index contributed by atoms with van der Waals surface area (Å²) >= 11 is 0. The van der Waals surface area contributed by atoms with Gasteiger partial charge < -0.3 is 20.1 Å². The molecule has 1 amide bonds. The van der Waals surface area contributed by atoms with Crippen LogP contribution in [0.3, 0.4) is 0 Å². The number of aromatic nitrogens is 2. The first-order valence-corrected chi connectivity index (χ1v) is 11.3. The van der Waals surface area contributed by atoms with E-state index in [1.54, 1.807) is 6.20 Å². The summed E-state index contributed by atoms with van der Waals surface area (Å²) in [7, 11) is 0. The zero-order valence-corrected chi connectivity index (χ0v) is 19.2. The quantitative estimate of drug-likeness (QED) is 0.462. The van der Waals surface area contributed by atoms with Gasteiger partial charge in [-0.3, -0.25) is 9.69 Å². The molecule has 1 aliphatic heterocycles. The minimum absolute atomic E-state index is 0.0147. The first kappa shape index (κ1) is 24.7. The number of rotatable bonds is 8. The fraction of sp³-hybridized carbons (Fsp3) is 0.375. The molecule has 0 unspecified atom stereocenters. The standard InChI is InChI=1S/C24H26F3N5O3/c1-16-4-2-5-18-15-29-23(31-21(16)18)30-19-7-6-17(14-20(19)35-24(25,26)27)22(33)28-8-3-9-32-10-12-34-13-11-32/h2,4-7,14-15H,3,8-13H2,1H3,(H,28,33)(H,29,30,31). The summed E-state index contributed by atoms with van der Waals surface area (Å²) in [5.41, 5.74) is 1.62. The van der Waals surface area contributed by atoms with Crippen LogP contribution in [0, 0.1) is 6.92 Å². The van der Waals surface area contributed by atoms with Gasteiger partial charge in [0.15, 0.2) is 5.75 Å². The Balaban J connectivity index is 1.46. The van der Waals surface area contributed by atoms with Gasteiger partial charge in [0, 0.05) is 36.8 Å². The molecule has 8 nitrogen and oxygen atoms in total. The summed E-state index contributed by atoms with van der Waals surface area (Å²) in [5, 5.41) is 6.33. The van der Waals surface area contributed by atoms with Crippen LogP contribution < -0.4 is 15.4 Å². The lowest BCUT2D eigenvalue weighted by Gasteiger charge is -2.26. The maximum atomic E-state index is 13.1. The van der Waals surface area contributed by atoms with Gasteiger partial charge in [0.2, 0.25) is 5.95 Å². The Morgan fingerprint density at radius 1 is 1.20 bits per heavy atom. The number of benzene rings is 2. The maximum Gasteiger partial charge on any atom is 0.573 e. The maximum absolute atomic E-state index is 13.1. The highest BCUT2D eigenvalue weighted by atomic mass is 19.4. The number of halogens is 3. The van der Waals surface area contributed by atoms with E-state index in [1.807, 2.05) is 25.1 Å². The van der Waals surface area contributed by atoms with E-state index in [9.17, 15) is 18.0 Å². The lowest BCUT2D eigenvalue weighted by atomic mass is 10.1. The minimum Gasteiger partial charge on any atom is -0.404 e. The normalized spacial score (nSPS) is 14.6. The van der Waals surface area contributed by atoms with Crippen LogP contribution in [-0.2, 0) is 4.74 Å². The van der Waals surface area contributed by atoms with Gasteiger partial charge in [0.1, 0.15) is 0 Å². The molecule has 2 heterocycles. The number of nitrogens with one attached hydrogen (secondary N) is 2. The number of alkyl halides is 3. The first-order valence-electron chi connectivity index (χ1n) is 11.3. The topological polar surface area (TPSA) is 88.6 Å². The third kappa shape index (κ3) is 6.80. The van der Waals surface area contributed by atoms with E-state index < -0.39 is 18.0 Å². The molecular formula is C24H26F3N5O3. The highest BCUT2D eigenvalue weighted by molar-refractivity contribution is 5.95. The molecule has 35 heavy (non-hydrogen) atoms. The van der Waals surface area contributed by atoms with Crippen LogP contribution in [0.15, 0.2) is 42.6 Å². The van der Waals surface area contributed by atoms with Crippen molar-refractivity contribution < 1.29 is 27.4 Å². The van der Waals surface area contributed by atoms with E-state index in [4.69, 9.17) is 4.74 Å². The van der Waals surface area contributed by atoms with Crippen LogP contribution in [0.25, 0.3) is 10.9 Å². The molecule has 1 aromatic heterocycles. The summed E-state index contributed by atoms with van der Waals surface area (Å²) in [5.74, 6) is -0.922. The summed E-state index contributed by atoms with van der Waals surface area (Å²) < 4.78 is 48.8. The average molecular weight is 489 g/mol. The van der Waals surface area contributed by atoms with Crippen molar-refractivity contribution in [2.75, 3.05) is 44.7 Å². The van der Waals surface area contributed by atoms with E-state index in [2.05, 4.69) is 30.2 Å². The summed E-state index contributed by atoms with van der Waals surface area (Å²) in [6.45, 7) is 6.17. The molecule has 4 rings (SSSR count). The van der Waals surface area contributed by atoms with E-state index >= 15 is 0 Å². The Labute approximate surface area is 200 Å². The number of nitrogens with zero attached hydrogens (tertiary/aromatic N) is 3. The fourth-order valence-electron chi connectivity index (χ4n) is 3.79. The molecule has 1 aliphatic rings. The highest BCUT2D eigenvalue weighted by Gasteiger charge is 2.32. The largest absolute Gasteiger partial charge is 0.573 e. The van der Waals surface area contributed by atoms with Gasteiger partial charge in [-0.15, -0.1) is 13.2 Å². The smallest absolute Gasteiger partial charge is 0.404 e. The molecule has 2 N–H and O–H groups in total. The molecular weight excluding hydrogens is 463 g/mol. The van der Waals surface area contributed by atoms with E-state index in [0.717, 1.165) is 43.1 Å². The molecule has 3 aromatic rings. The van der Waals surface area contributed by atoms with E-state index in [-0.39, 0.29) is 17.2 Å². The number of para-hydroxylation sites is 1. The molecule has 0 radical (unpaired) electrons. The Morgan fingerprint density at radius 2 is 2.00 bits per heavy atom. The van der Waals surface area contributed by atoms with Crippen molar-refractivity contribution >= 4 is 28.4 Å². The Morgan fingerprint density at radius 3 is 2.77 bits per heavy atom. The van der Waals surface area contributed by atoms with Crippen molar-refractivity contribution in [2.45, 2.75) is 19.7 Å². The molecule has 186 valence electrons. The number of hydrogen-bond acceptors (Lipinski definition) is 7. The van der Waals surface area contributed by atoms with Gasteiger partial charge >= 0.3 is 6.36 Å². The van der Waals surface area contributed by atoms with E-state index in [0.29, 0.717) is 25.3 Å². The molecule has 0 spiro atoms. The van der Waals surface area contributed by atoms with Crippen molar-refractivity contribution in [2.24, 2.45) is 0 Å². The molecule has 1 saturated heterocycles. The number of amides is 1. The van der Waals surface area contributed by atoms with Gasteiger partial charge in [0.25, 0.3) is 5.91 Å². The first-order chi connectivity index (χ1) is 16.8. The molecule has 2 aromatic carbocycles. The molecule has 0 saturated carbocycles. The molecule has 1 fully saturated rings. The number of carbonyl (C=O) groups is 1. The zero-order chi connectivity index (χ0) is 24.8. The monoisotopic (exact) mass is 489 g/mol. The van der Waals surface area contributed by atoms with Gasteiger partial charge in [-0.05, 0) is 43.7 Å². The van der Waals surface area contributed by atoms with Crippen molar-refractivity contribution in [3.05, 3.63) is 53.7 Å². The minimum atomic E-state index is -4.94. The number of aryl methyl sites for hydroxylation is 1. The lowest BCUT2D eigenvalue weighted by molar-refractivity contribution is -0.274. The number of ether oxygens (including phenoxy) is 2. The Bertz CT molecular complexity index is 1180. The highest BCUT2D eigenvalue weighted by Crippen LogP contribution is 2.33. The predicted octanol–water partition coefficient (Wildman–Crippen LogP) is 4.03. The van der Waals surface area contributed by atoms with Crippen molar-refractivity contribution in [1.82, 2.24) is 20.2 Å². The number of morpholine rings is 1. The zero-order valence-electron chi connectivity index (χ0n) is 19.2.